The fourth-order valence-electron chi connectivity index (χ4n) is 2.76. The Balaban J connectivity index is 1.35. The van der Waals surface area contributed by atoms with Gasteiger partial charge in [-0.1, -0.05) is 0 Å². The fraction of sp³-hybridized carbons (Fsp3) is 0.667. The lowest BCUT2D eigenvalue weighted by molar-refractivity contribution is 0.0331. The van der Waals surface area contributed by atoms with Crippen LogP contribution in [0, 0.1) is 0 Å². The summed E-state index contributed by atoms with van der Waals surface area (Å²) in [5.41, 5.74) is 1.39. The lowest BCUT2D eigenvalue weighted by atomic mass is 10.1. The number of hydrogen-bond acceptors (Lipinski definition) is 5. The van der Waals surface area contributed by atoms with Gasteiger partial charge in [-0.15, -0.1) is 11.3 Å². The lowest BCUT2D eigenvalue weighted by Gasteiger charge is -2.27. The van der Waals surface area contributed by atoms with Crippen LogP contribution >= 0.6 is 11.3 Å². The lowest BCUT2D eigenvalue weighted by Crippen LogP contribution is -2.38. The molecule has 0 atom stereocenters. The Kier molecular flexibility index (Phi) is 5.11. The summed E-state index contributed by atoms with van der Waals surface area (Å²) in [5, 5.41) is 2.10. The molecule has 0 radical (unpaired) electrons. The monoisotopic (exact) mass is 310 g/mol. The molecule has 0 unspecified atom stereocenters. The molecule has 1 aromatic rings. The molecule has 6 heteroatoms. The molecular weight excluding hydrogens is 288 g/mol. The van der Waals surface area contributed by atoms with Crippen molar-refractivity contribution in [2.24, 2.45) is 0 Å². The molecule has 116 valence electrons. The van der Waals surface area contributed by atoms with E-state index in [9.17, 15) is 4.79 Å². The molecule has 3 rings (SSSR count). The van der Waals surface area contributed by atoms with Gasteiger partial charge in [-0.25, -0.2) is 4.79 Å². The van der Waals surface area contributed by atoms with Crippen molar-refractivity contribution in [3.63, 3.8) is 0 Å². The van der Waals surface area contributed by atoms with Gasteiger partial charge in [0.05, 0.1) is 26.4 Å². The Morgan fingerprint density at radius 2 is 2.19 bits per heavy atom. The van der Waals surface area contributed by atoms with E-state index in [1.807, 2.05) is 4.90 Å². The summed E-state index contributed by atoms with van der Waals surface area (Å²) in [6.45, 7) is 6.56. The molecule has 21 heavy (non-hydrogen) atoms. The van der Waals surface area contributed by atoms with Crippen LogP contribution in [0.1, 0.15) is 16.9 Å². The third-order valence-electron chi connectivity index (χ3n) is 4.03. The molecule has 1 saturated heterocycles. The maximum Gasteiger partial charge on any atom is 0.410 e. The number of carbonyl (C=O) groups excluding carboxylic acids is 1. The molecule has 0 bridgehead atoms. The van der Waals surface area contributed by atoms with E-state index in [1.165, 1.54) is 10.4 Å². The number of ether oxygens (including phenoxy) is 2. The van der Waals surface area contributed by atoms with Crippen molar-refractivity contribution in [1.82, 2.24) is 9.80 Å². The van der Waals surface area contributed by atoms with Crippen molar-refractivity contribution in [3.8, 4) is 0 Å². The van der Waals surface area contributed by atoms with Gasteiger partial charge in [-0.05, 0) is 29.9 Å². The minimum absolute atomic E-state index is 0.170. The van der Waals surface area contributed by atoms with Crippen LogP contribution in [0.3, 0.4) is 0 Å². The average Bonchev–Trinajstić information content (AvgIpc) is 3.00. The minimum atomic E-state index is -0.170. The first-order valence-corrected chi connectivity index (χ1v) is 8.48. The first kappa shape index (κ1) is 14.8. The zero-order valence-corrected chi connectivity index (χ0v) is 13.1. The number of hydrogen-bond donors (Lipinski definition) is 0. The first-order valence-electron chi connectivity index (χ1n) is 7.60. The quantitative estimate of drug-likeness (QED) is 0.797. The van der Waals surface area contributed by atoms with E-state index in [0.29, 0.717) is 13.2 Å². The van der Waals surface area contributed by atoms with Crippen LogP contribution in [0.4, 0.5) is 4.79 Å². The third kappa shape index (κ3) is 3.96. The summed E-state index contributed by atoms with van der Waals surface area (Å²) in [7, 11) is 0. The average molecular weight is 310 g/mol. The van der Waals surface area contributed by atoms with E-state index in [0.717, 1.165) is 52.2 Å². The summed E-state index contributed by atoms with van der Waals surface area (Å²) in [6, 6.07) is 2.16. The molecule has 0 aromatic carbocycles. The van der Waals surface area contributed by atoms with Crippen molar-refractivity contribution in [2.75, 3.05) is 46.0 Å². The number of rotatable bonds is 4. The van der Waals surface area contributed by atoms with Crippen LogP contribution in [0.2, 0.25) is 0 Å². The molecule has 2 aliphatic heterocycles. The number of thiophene rings is 1. The third-order valence-corrected chi connectivity index (χ3v) is 4.98. The maximum absolute atomic E-state index is 12.1. The highest BCUT2D eigenvalue weighted by Gasteiger charge is 2.22. The van der Waals surface area contributed by atoms with E-state index < -0.39 is 0 Å². The summed E-state index contributed by atoms with van der Waals surface area (Å²) >= 11 is 1.73. The van der Waals surface area contributed by atoms with E-state index >= 15 is 0 Å². The Hall–Kier alpha value is -1.11. The van der Waals surface area contributed by atoms with E-state index in [2.05, 4.69) is 16.3 Å². The van der Waals surface area contributed by atoms with Gasteiger partial charge in [0.1, 0.15) is 0 Å². The Morgan fingerprint density at radius 3 is 3.05 bits per heavy atom. The van der Waals surface area contributed by atoms with E-state index in [4.69, 9.17) is 9.47 Å². The maximum atomic E-state index is 12.1. The van der Waals surface area contributed by atoms with Crippen molar-refractivity contribution in [1.29, 1.82) is 0 Å². The molecule has 5 nitrogen and oxygen atoms in total. The zero-order valence-electron chi connectivity index (χ0n) is 12.3. The van der Waals surface area contributed by atoms with Crippen LogP contribution < -0.4 is 0 Å². The minimum Gasteiger partial charge on any atom is -0.449 e. The van der Waals surface area contributed by atoms with Crippen molar-refractivity contribution < 1.29 is 14.3 Å². The highest BCUT2D eigenvalue weighted by molar-refractivity contribution is 7.10. The van der Waals surface area contributed by atoms with Gasteiger partial charge in [0.15, 0.2) is 0 Å². The second kappa shape index (κ2) is 7.24. The van der Waals surface area contributed by atoms with Gasteiger partial charge >= 0.3 is 6.09 Å². The molecule has 1 aromatic heterocycles. The van der Waals surface area contributed by atoms with Gasteiger partial charge in [-0.3, -0.25) is 4.90 Å². The summed E-state index contributed by atoms with van der Waals surface area (Å²) in [4.78, 5) is 17.5. The first-order chi connectivity index (χ1) is 10.3. The molecule has 3 heterocycles. The Morgan fingerprint density at radius 1 is 1.33 bits per heavy atom. The van der Waals surface area contributed by atoms with Crippen LogP contribution in [-0.2, 0) is 22.4 Å². The summed E-state index contributed by atoms with van der Waals surface area (Å²) < 4.78 is 10.7. The molecule has 1 amide bonds. The molecule has 0 spiro atoms. The van der Waals surface area contributed by atoms with Crippen LogP contribution in [0.15, 0.2) is 11.4 Å². The largest absolute Gasteiger partial charge is 0.449 e. The standard InChI is InChI=1S/C15H22N2O3S/c18-15(17-5-2-13-3-11-21-14(13)12-17)20-8-1-4-16-6-9-19-10-7-16/h3,11H,1-2,4-10,12H2. The van der Waals surface area contributed by atoms with Crippen molar-refractivity contribution in [3.05, 3.63) is 21.9 Å². The van der Waals surface area contributed by atoms with E-state index in [1.54, 1.807) is 11.3 Å². The molecule has 1 fully saturated rings. The van der Waals surface area contributed by atoms with Gasteiger partial charge in [-0.2, -0.15) is 0 Å². The van der Waals surface area contributed by atoms with Gasteiger partial charge in [0, 0.05) is 31.1 Å². The highest BCUT2D eigenvalue weighted by atomic mass is 32.1. The zero-order chi connectivity index (χ0) is 14.5. The Bertz CT molecular complexity index is 471. The van der Waals surface area contributed by atoms with Crippen molar-refractivity contribution in [2.45, 2.75) is 19.4 Å². The smallest absolute Gasteiger partial charge is 0.410 e. The van der Waals surface area contributed by atoms with Crippen LogP contribution in [0.25, 0.3) is 0 Å². The normalized spacial score (nSPS) is 19.3. The van der Waals surface area contributed by atoms with E-state index in [-0.39, 0.29) is 6.09 Å². The Labute approximate surface area is 129 Å². The number of amides is 1. The number of morpholine rings is 1. The number of carbonyl (C=O) groups is 1. The molecule has 0 aliphatic carbocycles. The fourth-order valence-corrected chi connectivity index (χ4v) is 3.70. The topological polar surface area (TPSA) is 42.0 Å². The van der Waals surface area contributed by atoms with Gasteiger partial charge in [0.25, 0.3) is 0 Å². The SMILES string of the molecule is O=C(OCCCN1CCOCC1)N1CCc2ccsc2C1. The second-order valence-corrected chi connectivity index (χ2v) is 6.46. The molecule has 0 N–H and O–H groups in total. The molecular formula is C15H22N2O3S. The van der Waals surface area contributed by atoms with Gasteiger partial charge < -0.3 is 14.4 Å². The molecule has 2 aliphatic rings. The van der Waals surface area contributed by atoms with Crippen LogP contribution in [0.5, 0.6) is 0 Å². The predicted molar refractivity (Wildman–Crippen MR) is 81.7 cm³/mol. The molecule has 0 saturated carbocycles. The number of fused-ring (bicyclic) bond motifs is 1. The summed E-state index contributed by atoms with van der Waals surface area (Å²) in [6.07, 6.45) is 1.67. The number of nitrogens with zero attached hydrogens (tertiary/aromatic N) is 2. The summed E-state index contributed by atoms with van der Waals surface area (Å²) in [5.74, 6) is 0. The van der Waals surface area contributed by atoms with Crippen molar-refractivity contribution >= 4 is 17.4 Å². The highest BCUT2D eigenvalue weighted by Crippen LogP contribution is 2.24. The predicted octanol–water partition coefficient (Wildman–Crippen LogP) is 1.97. The van der Waals surface area contributed by atoms with Gasteiger partial charge in [0.2, 0.25) is 0 Å². The second-order valence-electron chi connectivity index (χ2n) is 5.46. The van der Waals surface area contributed by atoms with Crippen LogP contribution in [-0.4, -0.2) is 61.9 Å².